The molecule has 118 valence electrons. The van der Waals surface area contributed by atoms with Crippen molar-refractivity contribution < 1.29 is 4.79 Å². The number of nitrogens with one attached hydrogen (secondary N) is 2. The van der Waals surface area contributed by atoms with Crippen LogP contribution in [-0.2, 0) is 11.2 Å². The fourth-order valence-corrected chi connectivity index (χ4v) is 2.14. The molecule has 0 unspecified atom stereocenters. The first-order chi connectivity index (χ1) is 10.1. The van der Waals surface area contributed by atoms with Crippen LogP contribution in [0, 0.1) is 6.92 Å². The molecule has 0 bridgehead atoms. The molecule has 21 heavy (non-hydrogen) atoms. The van der Waals surface area contributed by atoms with Gasteiger partial charge in [-0.3, -0.25) is 4.79 Å². The van der Waals surface area contributed by atoms with Crippen molar-refractivity contribution in [1.82, 2.24) is 15.3 Å². The Morgan fingerprint density at radius 1 is 1.24 bits per heavy atom. The lowest BCUT2D eigenvalue weighted by molar-refractivity contribution is -0.119. The molecule has 0 atom stereocenters. The summed E-state index contributed by atoms with van der Waals surface area (Å²) in [5.41, 5.74) is 0.992. The Balaban J connectivity index is 3.21. The number of carbonyl (C=O) groups excluding carboxylic acids is 1. The zero-order valence-electron chi connectivity index (χ0n) is 13.8. The molecule has 6 nitrogen and oxygen atoms in total. The number of likely N-dealkylation sites (N-methyl/N-ethyl adjacent to an activating group) is 1. The number of aryl methyl sites for hydroxylation is 1. The molecule has 1 aromatic rings. The molecular weight excluding hydrogens is 266 g/mol. The highest BCUT2D eigenvalue weighted by Crippen LogP contribution is 2.24. The third-order valence-corrected chi connectivity index (χ3v) is 3.23. The SMILES string of the molecule is CCCN(CC(=O)NC)c1nc(CC)nc(NCC)c1C. The summed E-state index contributed by atoms with van der Waals surface area (Å²) in [7, 11) is 1.65. The minimum absolute atomic E-state index is 0.00971. The summed E-state index contributed by atoms with van der Waals surface area (Å²) < 4.78 is 0. The van der Waals surface area contributed by atoms with Gasteiger partial charge in [0.05, 0.1) is 6.54 Å². The summed E-state index contributed by atoms with van der Waals surface area (Å²) in [6.45, 7) is 10.1. The van der Waals surface area contributed by atoms with E-state index in [1.807, 2.05) is 25.7 Å². The van der Waals surface area contributed by atoms with Gasteiger partial charge in [0, 0.05) is 32.1 Å². The quantitative estimate of drug-likeness (QED) is 0.764. The lowest BCUT2D eigenvalue weighted by Gasteiger charge is -2.25. The predicted octanol–water partition coefficient (Wildman–Crippen LogP) is 1.74. The van der Waals surface area contributed by atoms with Gasteiger partial charge in [-0.25, -0.2) is 9.97 Å². The molecule has 0 radical (unpaired) electrons. The lowest BCUT2D eigenvalue weighted by atomic mass is 10.2. The molecule has 1 rings (SSSR count). The van der Waals surface area contributed by atoms with Crippen molar-refractivity contribution in [2.75, 3.05) is 36.9 Å². The van der Waals surface area contributed by atoms with Crippen molar-refractivity contribution in [3.63, 3.8) is 0 Å². The molecule has 1 heterocycles. The summed E-state index contributed by atoms with van der Waals surface area (Å²) in [5.74, 6) is 2.50. The Morgan fingerprint density at radius 3 is 2.48 bits per heavy atom. The maximum atomic E-state index is 11.7. The van der Waals surface area contributed by atoms with Crippen LogP contribution < -0.4 is 15.5 Å². The van der Waals surface area contributed by atoms with Gasteiger partial charge >= 0.3 is 0 Å². The van der Waals surface area contributed by atoms with Crippen molar-refractivity contribution in [3.8, 4) is 0 Å². The topological polar surface area (TPSA) is 70.2 Å². The number of anilines is 2. The van der Waals surface area contributed by atoms with E-state index in [0.717, 1.165) is 49.0 Å². The van der Waals surface area contributed by atoms with Gasteiger partial charge in [-0.05, 0) is 20.3 Å². The van der Waals surface area contributed by atoms with Crippen molar-refractivity contribution in [3.05, 3.63) is 11.4 Å². The standard InChI is InChI=1S/C15H27N5O/c1-6-9-20(10-13(21)16-5)15-11(4)14(17-8-3)18-12(7-2)19-15/h6-10H2,1-5H3,(H,16,21)(H,17,18,19). The maximum Gasteiger partial charge on any atom is 0.239 e. The fraction of sp³-hybridized carbons (Fsp3) is 0.667. The minimum atomic E-state index is -0.00971. The van der Waals surface area contributed by atoms with Gasteiger partial charge in [-0.15, -0.1) is 0 Å². The van der Waals surface area contributed by atoms with E-state index in [2.05, 4.69) is 27.5 Å². The summed E-state index contributed by atoms with van der Waals surface area (Å²) in [5, 5.41) is 5.95. The second kappa shape index (κ2) is 8.44. The zero-order chi connectivity index (χ0) is 15.8. The van der Waals surface area contributed by atoms with Crippen molar-refractivity contribution in [2.45, 2.75) is 40.5 Å². The van der Waals surface area contributed by atoms with Gasteiger partial charge in [0.25, 0.3) is 0 Å². The van der Waals surface area contributed by atoms with Gasteiger partial charge in [0.1, 0.15) is 17.5 Å². The predicted molar refractivity (Wildman–Crippen MR) is 86.9 cm³/mol. The van der Waals surface area contributed by atoms with Gasteiger partial charge in [-0.1, -0.05) is 13.8 Å². The van der Waals surface area contributed by atoms with E-state index in [4.69, 9.17) is 0 Å². The second-order valence-corrected chi connectivity index (χ2v) is 4.92. The van der Waals surface area contributed by atoms with Gasteiger partial charge < -0.3 is 15.5 Å². The van der Waals surface area contributed by atoms with Crippen LogP contribution in [0.25, 0.3) is 0 Å². The smallest absolute Gasteiger partial charge is 0.239 e. The van der Waals surface area contributed by atoms with Crippen LogP contribution in [0.4, 0.5) is 11.6 Å². The lowest BCUT2D eigenvalue weighted by Crippen LogP contribution is -2.37. The minimum Gasteiger partial charge on any atom is -0.370 e. The number of amides is 1. The fourth-order valence-electron chi connectivity index (χ4n) is 2.14. The number of rotatable bonds is 8. The molecular formula is C15H27N5O. The third-order valence-electron chi connectivity index (χ3n) is 3.23. The van der Waals surface area contributed by atoms with Crippen LogP contribution in [0.2, 0.25) is 0 Å². The van der Waals surface area contributed by atoms with Crippen LogP contribution in [0.3, 0.4) is 0 Å². The van der Waals surface area contributed by atoms with E-state index in [-0.39, 0.29) is 5.91 Å². The number of aromatic nitrogens is 2. The average molecular weight is 293 g/mol. The molecule has 0 saturated carbocycles. The van der Waals surface area contributed by atoms with E-state index < -0.39 is 0 Å². The summed E-state index contributed by atoms with van der Waals surface area (Å²) in [4.78, 5) is 22.9. The van der Waals surface area contributed by atoms with E-state index in [0.29, 0.717) is 6.54 Å². The van der Waals surface area contributed by atoms with Gasteiger partial charge in [-0.2, -0.15) is 0 Å². The third kappa shape index (κ3) is 4.58. The van der Waals surface area contributed by atoms with Crippen LogP contribution >= 0.6 is 0 Å². The van der Waals surface area contributed by atoms with Gasteiger partial charge in [0.15, 0.2) is 0 Å². The first-order valence-corrected chi connectivity index (χ1v) is 7.64. The normalized spacial score (nSPS) is 10.3. The van der Waals surface area contributed by atoms with E-state index in [1.165, 1.54) is 0 Å². The molecule has 0 aliphatic rings. The molecule has 0 aliphatic heterocycles. The molecule has 1 aromatic heterocycles. The second-order valence-electron chi connectivity index (χ2n) is 4.92. The Bertz CT molecular complexity index is 475. The van der Waals surface area contributed by atoms with E-state index in [1.54, 1.807) is 7.05 Å². The Kier molecular flexibility index (Phi) is 6.91. The molecule has 0 fully saturated rings. The van der Waals surface area contributed by atoms with E-state index >= 15 is 0 Å². The molecule has 1 amide bonds. The summed E-state index contributed by atoms with van der Waals surface area (Å²) in [6.07, 6.45) is 1.73. The average Bonchev–Trinajstić information content (AvgIpc) is 2.49. The molecule has 0 aliphatic carbocycles. The first kappa shape index (κ1) is 17.2. The van der Waals surface area contributed by atoms with Crippen molar-refractivity contribution in [2.24, 2.45) is 0 Å². The number of hydrogen-bond donors (Lipinski definition) is 2. The highest BCUT2D eigenvalue weighted by atomic mass is 16.1. The molecule has 0 aromatic carbocycles. The molecule has 6 heteroatoms. The van der Waals surface area contributed by atoms with Crippen LogP contribution in [-0.4, -0.2) is 42.6 Å². The van der Waals surface area contributed by atoms with Crippen molar-refractivity contribution in [1.29, 1.82) is 0 Å². The van der Waals surface area contributed by atoms with Crippen LogP contribution in [0.1, 0.15) is 38.6 Å². The molecule has 0 saturated heterocycles. The summed E-state index contributed by atoms with van der Waals surface area (Å²) in [6, 6.07) is 0. The number of carbonyl (C=O) groups is 1. The van der Waals surface area contributed by atoms with Gasteiger partial charge in [0.2, 0.25) is 5.91 Å². The Morgan fingerprint density at radius 2 is 1.95 bits per heavy atom. The monoisotopic (exact) mass is 293 g/mol. The molecule has 2 N–H and O–H groups in total. The zero-order valence-corrected chi connectivity index (χ0v) is 13.8. The van der Waals surface area contributed by atoms with Crippen molar-refractivity contribution >= 4 is 17.5 Å². The van der Waals surface area contributed by atoms with E-state index in [9.17, 15) is 4.79 Å². The highest BCUT2D eigenvalue weighted by Gasteiger charge is 2.17. The number of hydrogen-bond acceptors (Lipinski definition) is 5. The van der Waals surface area contributed by atoms with Crippen LogP contribution in [0.5, 0.6) is 0 Å². The summed E-state index contributed by atoms with van der Waals surface area (Å²) >= 11 is 0. The Hall–Kier alpha value is -1.85. The molecule has 0 spiro atoms. The van der Waals surface area contributed by atoms with Crippen LogP contribution in [0.15, 0.2) is 0 Å². The Labute approximate surface area is 127 Å². The number of nitrogens with zero attached hydrogens (tertiary/aromatic N) is 3. The first-order valence-electron chi connectivity index (χ1n) is 7.64. The maximum absolute atomic E-state index is 11.7. The highest BCUT2D eigenvalue weighted by molar-refractivity contribution is 5.81. The largest absolute Gasteiger partial charge is 0.370 e.